The molecule has 0 bridgehead atoms. The summed E-state index contributed by atoms with van der Waals surface area (Å²) < 4.78 is 13.4. The normalized spacial score (nSPS) is 15.3. The Bertz CT molecular complexity index is 958. The van der Waals surface area contributed by atoms with Crippen LogP contribution in [0.4, 0.5) is 10.2 Å². The van der Waals surface area contributed by atoms with E-state index in [4.69, 9.17) is 0 Å². The molecule has 1 saturated heterocycles. The first-order valence-electron chi connectivity index (χ1n) is 9.08. The van der Waals surface area contributed by atoms with Gasteiger partial charge in [0.25, 0.3) is 5.91 Å². The first-order valence-corrected chi connectivity index (χ1v) is 9.08. The van der Waals surface area contributed by atoms with Crippen molar-refractivity contribution in [3.8, 4) is 0 Å². The van der Waals surface area contributed by atoms with Crippen LogP contribution >= 0.6 is 0 Å². The lowest BCUT2D eigenvalue weighted by atomic mass is 9.89. The highest BCUT2D eigenvalue weighted by Gasteiger charge is 2.26. The first-order chi connectivity index (χ1) is 13.0. The number of piperidine rings is 1. The molecule has 140 valence electrons. The van der Waals surface area contributed by atoms with Gasteiger partial charge in [0.15, 0.2) is 0 Å². The lowest BCUT2D eigenvalue weighted by Crippen LogP contribution is -2.38. The molecule has 0 aliphatic carbocycles. The van der Waals surface area contributed by atoms with E-state index < -0.39 is 0 Å². The number of likely N-dealkylation sites (tertiary alicyclic amines) is 1. The highest BCUT2D eigenvalue weighted by Crippen LogP contribution is 2.33. The summed E-state index contributed by atoms with van der Waals surface area (Å²) in [6, 6.07) is 4.85. The highest BCUT2D eigenvalue weighted by molar-refractivity contribution is 5.92. The van der Waals surface area contributed by atoms with Gasteiger partial charge in [-0.1, -0.05) is 0 Å². The zero-order valence-electron chi connectivity index (χ0n) is 15.4. The molecule has 1 N–H and O–H groups in total. The summed E-state index contributed by atoms with van der Waals surface area (Å²) in [4.78, 5) is 28.1. The molecule has 0 spiro atoms. The van der Waals surface area contributed by atoms with Crippen LogP contribution in [-0.2, 0) is 0 Å². The van der Waals surface area contributed by atoms with E-state index in [1.165, 1.54) is 23.9 Å². The standard InChI is InChI=1S/C20H22FN5O/c1-25(2)19-12-23-18(11-24-19)20(27)26-7-5-13(6-8-26)16-10-22-17-9-14(21)3-4-15(16)17/h3-4,9-13,22H,5-8H2,1-2H3. The van der Waals surface area contributed by atoms with Crippen molar-refractivity contribution < 1.29 is 9.18 Å². The SMILES string of the molecule is CN(C)c1cnc(C(=O)N2CCC(c3c[nH]c4cc(F)ccc34)CC2)cn1. The number of hydrogen-bond donors (Lipinski definition) is 1. The molecular formula is C20H22FN5O. The second kappa shape index (κ2) is 6.98. The largest absolute Gasteiger partial charge is 0.361 e. The fourth-order valence-electron chi connectivity index (χ4n) is 3.68. The number of carbonyl (C=O) groups is 1. The smallest absolute Gasteiger partial charge is 0.274 e. The van der Waals surface area contributed by atoms with Gasteiger partial charge in [-0.3, -0.25) is 4.79 Å². The Kier molecular flexibility index (Phi) is 4.51. The second-order valence-electron chi connectivity index (χ2n) is 7.15. The molecule has 27 heavy (non-hydrogen) atoms. The molecule has 0 radical (unpaired) electrons. The van der Waals surface area contributed by atoms with Crippen molar-refractivity contribution in [2.75, 3.05) is 32.1 Å². The maximum Gasteiger partial charge on any atom is 0.274 e. The van der Waals surface area contributed by atoms with Crippen LogP contribution in [0.3, 0.4) is 0 Å². The van der Waals surface area contributed by atoms with E-state index in [2.05, 4.69) is 15.0 Å². The average molecular weight is 367 g/mol. The Morgan fingerprint density at radius 3 is 2.67 bits per heavy atom. The zero-order valence-corrected chi connectivity index (χ0v) is 15.4. The lowest BCUT2D eigenvalue weighted by molar-refractivity contribution is 0.0707. The maximum absolute atomic E-state index is 13.4. The molecule has 7 heteroatoms. The summed E-state index contributed by atoms with van der Waals surface area (Å²) in [6.07, 6.45) is 6.87. The Morgan fingerprint density at radius 1 is 1.22 bits per heavy atom. The number of H-pyrrole nitrogens is 1. The summed E-state index contributed by atoms with van der Waals surface area (Å²) in [5.74, 6) is 0.765. The minimum absolute atomic E-state index is 0.0766. The maximum atomic E-state index is 13.4. The summed E-state index contributed by atoms with van der Waals surface area (Å²) >= 11 is 0. The Morgan fingerprint density at radius 2 is 2.00 bits per heavy atom. The minimum Gasteiger partial charge on any atom is -0.361 e. The summed E-state index contributed by atoms with van der Waals surface area (Å²) in [6.45, 7) is 1.35. The summed E-state index contributed by atoms with van der Waals surface area (Å²) in [5.41, 5.74) is 2.40. The predicted molar refractivity (Wildman–Crippen MR) is 102 cm³/mol. The van der Waals surface area contributed by atoms with Crippen molar-refractivity contribution in [1.29, 1.82) is 0 Å². The van der Waals surface area contributed by atoms with Crippen LogP contribution in [0, 0.1) is 5.82 Å². The number of hydrogen-bond acceptors (Lipinski definition) is 4. The van der Waals surface area contributed by atoms with Gasteiger partial charge in [0, 0.05) is 44.3 Å². The van der Waals surface area contributed by atoms with Gasteiger partial charge in [-0.25, -0.2) is 14.4 Å². The van der Waals surface area contributed by atoms with Gasteiger partial charge in [-0.2, -0.15) is 0 Å². The number of carbonyl (C=O) groups excluding carboxylic acids is 1. The number of nitrogens with zero attached hydrogens (tertiary/aromatic N) is 4. The monoisotopic (exact) mass is 367 g/mol. The second-order valence-corrected chi connectivity index (χ2v) is 7.15. The summed E-state index contributed by atoms with van der Waals surface area (Å²) in [7, 11) is 3.77. The third kappa shape index (κ3) is 3.37. The van der Waals surface area contributed by atoms with Gasteiger partial charge in [0.05, 0.1) is 12.4 Å². The van der Waals surface area contributed by atoms with Gasteiger partial charge in [-0.05, 0) is 42.5 Å². The Hall–Kier alpha value is -2.96. The van der Waals surface area contributed by atoms with E-state index in [1.807, 2.05) is 36.2 Å². The van der Waals surface area contributed by atoms with Crippen molar-refractivity contribution in [3.63, 3.8) is 0 Å². The molecule has 3 heterocycles. The number of aromatic amines is 1. The van der Waals surface area contributed by atoms with Crippen molar-refractivity contribution in [2.45, 2.75) is 18.8 Å². The molecule has 1 aliphatic heterocycles. The molecule has 2 aromatic heterocycles. The molecule has 3 aromatic rings. The minimum atomic E-state index is -0.238. The van der Waals surface area contributed by atoms with Crippen LogP contribution in [0.25, 0.3) is 10.9 Å². The molecule has 0 atom stereocenters. The molecule has 1 fully saturated rings. The van der Waals surface area contributed by atoms with Crippen LogP contribution < -0.4 is 4.90 Å². The molecule has 1 aliphatic rings. The number of rotatable bonds is 3. The van der Waals surface area contributed by atoms with Gasteiger partial charge < -0.3 is 14.8 Å². The molecule has 4 rings (SSSR count). The topological polar surface area (TPSA) is 65.1 Å². The van der Waals surface area contributed by atoms with Crippen LogP contribution in [0.1, 0.15) is 34.8 Å². The van der Waals surface area contributed by atoms with Gasteiger partial charge >= 0.3 is 0 Å². The number of amides is 1. The van der Waals surface area contributed by atoms with Crippen molar-refractivity contribution in [1.82, 2.24) is 19.9 Å². The third-order valence-corrected chi connectivity index (χ3v) is 5.21. The lowest BCUT2D eigenvalue weighted by Gasteiger charge is -2.31. The van der Waals surface area contributed by atoms with Crippen LogP contribution in [0.5, 0.6) is 0 Å². The van der Waals surface area contributed by atoms with Gasteiger partial charge in [-0.15, -0.1) is 0 Å². The van der Waals surface area contributed by atoms with Crippen molar-refractivity contribution in [3.05, 3.63) is 53.9 Å². The van der Waals surface area contributed by atoms with Gasteiger partial charge in [0.2, 0.25) is 0 Å². The van der Waals surface area contributed by atoms with E-state index in [-0.39, 0.29) is 11.7 Å². The van der Waals surface area contributed by atoms with Crippen LogP contribution in [0.2, 0.25) is 0 Å². The van der Waals surface area contributed by atoms with E-state index in [0.717, 1.165) is 29.6 Å². The van der Waals surface area contributed by atoms with E-state index >= 15 is 0 Å². The number of halogens is 1. The fourth-order valence-corrected chi connectivity index (χ4v) is 3.68. The number of nitrogens with one attached hydrogen (secondary N) is 1. The molecule has 6 nitrogen and oxygen atoms in total. The van der Waals surface area contributed by atoms with E-state index in [0.29, 0.717) is 24.7 Å². The fraction of sp³-hybridized carbons (Fsp3) is 0.350. The molecular weight excluding hydrogens is 345 g/mol. The Labute approximate surface area is 157 Å². The van der Waals surface area contributed by atoms with E-state index in [9.17, 15) is 9.18 Å². The van der Waals surface area contributed by atoms with Crippen molar-refractivity contribution >= 4 is 22.6 Å². The third-order valence-electron chi connectivity index (χ3n) is 5.21. The molecule has 1 amide bonds. The number of fused-ring (bicyclic) bond motifs is 1. The predicted octanol–water partition coefficient (Wildman–Crippen LogP) is 3.18. The number of aromatic nitrogens is 3. The van der Waals surface area contributed by atoms with E-state index in [1.54, 1.807) is 6.20 Å². The molecule has 0 saturated carbocycles. The highest BCUT2D eigenvalue weighted by atomic mass is 19.1. The molecule has 0 unspecified atom stereocenters. The quantitative estimate of drug-likeness (QED) is 0.772. The van der Waals surface area contributed by atoms with Crippen LogP contribution in [-0.4, -0.2) is 52.9 Å². The Balaban J connectivity index is 1.44. The van der Waals surface area contributed by atoms with Gasteiger partial charge in [0.1, 0.15) is 17.3 Å². The van der Waals surface area contributed by atoms with Crippen molar-refractivity contribution in [2.24, 2.45) is 0 Å². The first kappa shape index (κ1) is 17.5. The van der Waals surface area contributed by atoms with Crippen LogP contribution in [0.15, 0.2) is 36.8 Å². The summed E-state index contributed by atoms with van der Waals surface area (Å²) in [5, 5.41) is 1.06. The number of benzene rings is 1. The zero-order chi connectivity index (χ0) is 19.0. The number of anilines is 1. The molecule has 1 aromatic carbocycles. The average Bonchev–Trinajstić information content (AvgIpc) is 3.10.